The van der Waals surface area contributed by atoms with Crippen molar-refractivity contribution in [3.05, 3.63) is 40.7 Å². The Bertz CT molecular complexity index is 774. The number of aromatic nitrogens is 3. The molecule has 0 spiro atoms. The van der Waals surface area contributed by atoms with Crippen LogP contribution in [0.2, 0.25) is 0 Å². The zero-order valence-corrected chi connectivity index (χ0v) is 13.0. The second-order valence-electron chi connectivity index (χ2n) is 5.50. The van der Waals surface area contributed by atoms with Gasteiger partial charge in [0.2, 0.25) is 11.9 Å². The van der Waals surface area contributed by atoms with Crippen molar-refractivity contribution in [2.24, 2.45) is 5.73 Å². The summed E-state index contributed by atoms with van der Waals surface area (Å²) in [4.78, 5) is 16.3. The van der Waals surface area contributed by atoms with Gasteiger partial charge in [0.1, 0.15) is 17.6 Å². The molecular formula is C15H19N5O3. The normalized spacial score (nSPS) is 17.1. The quantitative estimate of drug-likeness (QED) is 0.753. The molecule has 0 aromatic carbocycles. The Kier molecular flexibility index (Phi) is 3.91. The zero-order chi connectivity index (χ0) is 16.6. The maximum Gasteiger partial charge on any atom is 0.249 e. The van der Waals surface area contributed by atoms with Crippen LogP contribution in [0.5, 0.6) is 0 Å². The van der Waals surface area contributed by atoms with Crippen LogP contribution in [-0.4, -0.2) is 32.4 Å². The van der Waals surface area contributed by atoms with Gasteiger partial charge in [-0.15, -0.1) is 0 Å². The molecule has 23 heavy (non-hydrogen) atoms. The predicted octanol–water partition coefficient (Wildman–Crippen LogP) is 0.879. The van der Waals surface area contributed by atoms with Crippen LogP contribution in [0.1, 0.15) is 36.7 Å². The number of nitrogens with two attached hydrogens (primary N) is 1. The Labute approximate surface area is 133 Å². The number of carbonyl (C=O) groups excluding carboxylic acids is 1. The highest BCUT2D eigenvalue weighted by atomic mass is 16.3. The number of amides is 1. The van der Waals surface area contributed by atoms with Crippen LogP contribution in [0, 0.1) is 6.92 Å². The summed E-state index contributed by atoms with van der Waals surface area (Å²) < 4.78 is 7.31. The minimum Gasteiger partial charge on any atom is -0.464 e. The number of hydrogen-bond donors (Lipinski definition) is 3. The molecule has 3 heterocycles. The van der Waals surface area contributed by atoms with Gasteiger partial charge < -0.3 is 20.6 Å². The number of rotatable bonds is 5. The van der Waals surface area contributed by atoms with Crippen LogP contribution in [-0.2, 0) is 11.2 Å². The fourth-order valence-electron chi connectivity index (χ4n) is 2.72. The largest absolute Gasteiger partial charge is 0.464 e. The van der Waals surface area contributed by atoms with Crippen molar-refractivity contribution in [1.82, 2.24) is 14.8 Å². The minimum atomic E-state index is -0.548. The summed E-state index contributed by atoms with van der Waals surface area (Å²) in [5, 5.41) is 16.5. The first-order chi connectivity index (χ1) is 11.0. The molecular weight excluding hydrogens is 298 g/mol. The summed E-state index contributed by atoms with van der Waals surface area (Å²) in [5.74, 6) is 1.90. The van der Waals surface area contributed by atoms with Gasteiger partial charge in [0.15, 0.2) is 5.82 Å². The van der Waals surface area contributed by atoms with Gasteiger partial charge in [-0.05, 0) is 32.4 Å². The first-order valence-corrected chi connectivity index (χ1v) is 7.41. The third-order valence-corrected chi connectivity index (χ3v) is 3.75. The van der Waals surface area contributed by atoms with E-state index >= 15 is 0 Å². The first kappa shape index (κ1) is 15.3. The van der Waals surface area contributed by atoms with Crippen molar-refractivity contribution in [1.29, 1.82) is 0 Å². The van der Waals surface area contributed by atoms with E-state index in [0.29, 0.717) is 41.6 Å². The SMILES string of the molecule is CC1=C(C(N)=O)[C@@H](c2ccc(C)o2)n2nc(CCCO)nc2N1. The van der Waals surface area contributed by atoms with Crippen molar-refractivity contribution in [3.63, 3.8) is 0 Å². The number of hydrogen-bond acceptors (Lipinski definition) is 6. The molecule has 0 radical (unpaired) electrons. The minimum absolute atomic E-state index is 0.0714. The van der Waals surface area contributed by atoms with Crippen LogP contribution in [0.3, 0.4) is 0 Å². The van der Waals surface area contributed by atoms with Gasteiger partial charge in [-0.1, -0.05) is 0 Å². The van der Waals surface area contributed by atoms with Crippen LogP contribution < -0.4 is 11.1 Å². The lowest BCUT2D eigenvalue weighted by atomic mass is 10.0. The van der Waals surface area contributed by atoms with E-state index in [1.807, 2.05) is 13.0 Å². The summed E-state index contributed by atoms with van der Waals surface area (Å²) in [6.45, 7) is 3.68. The monoisotopic (exact) mass is 317 g/mol. The molecule has 1 atom stereocenters. The zero-order valence-electron chi connectivity index (χ0n) is 13.0. The van der Waals surface area contributed by atoms with Crippen molar-refractivity contribution < 1.29 is 14.3 Å². The number of aliphatic hydroxyl groups excluding tert-OH is 1. The van der Waals surface area contributed by atoms with Crippen molar-refractivity contribution in [3.8, 4) is 0 Å². The predicted molar refractivity (Wildman–Crippen MR) is 82.5 cm³/mol. The standard InChI is InChI=1S/C15H19N5O3/c1-8-5-6-10(23-8)13-12(14(16)22)9(2)17-15-18-11(4-3-7-21)19-20(13)15/h5-6,13,21H,3-4,7H2,1-2H3,(H2,16,22)(H,17,18,19)/t13-/m1/s1. The highest BCUT2D eigenvalue weighted by Crippen LogP contribution is 2.35. The molecule has 0 aliphatic carbocycles. The van der Waals surface area contributed by atoms with E-state index in [1.54, 1.807) is 17.7 Å². The molecule has 1 aliphatic heterocycles. The van der Waals surface area contributed by atoms with Gasteiger partial charge in [-0.25, -0.2) is 4.68 Å². The van der Waals surface area contributed by atoms with E-state index in [0.717, 1.165) is 5.76 Å². The Balaban J connectivity index is 2.09. The number of nitrogens with one attached hydrogen (secondary N) is 1. The van der Waals surface area contributed by atoms with Crippen molar-refractivity contribution in [2.75, 3.05) is 11.9 Å². The topological polar surface area (TPSA) is 119 Å². The van der Waals surface area contributed by atoms with Gasteiger partial charge >= 0.3 is 0 Å². The fraction of sp³-hybridized carbons (Fsp3) is 0.400. The van der Waals surface area contributed by atoms with E-state index < -0.39 is 11.9 Å². The molecule has 1 aliphatic rings. The highest BCUT2D eigenvalue weighted by Gasteiger charge is 2.35. The van der Waals surface area contributed by atoms with E-state index in [-0.39, 0.29) is 6.61 Å². The van der Waals surface area contributed by atoms with Crippen LogP contribution in [0.15, 0.2) is 27.8 Å². The second kappa shape index (κ2) is 5.88. The van der Waals surface area contributed by atoms with Gasteiger partial charge in [-0.3, -0.25) is 4.79 Å². The molecule has 8 heteroatoms. The Morgan fingerprint density at radius 2 is 2.26 bits per heavy atom. The van der Waals surface area contributed by atoms with Gasteiger partial charge in [0.05, 0.1) is 5.57 Å². The number of furan rings is 1. The first-order valence-electron chi connectivity index (χ1n) is 7.41. The van der Waals surface area contributed by atoms with Crippen molar-refractivity contribution in [2.45, 2.75) is 32.7 Å². The summed E-state index contributed by atoms with van der Waals surface area (Å²) in [6.07, 6.45) is 1.12. The van der Waals surface area contributed by atoms with Gasteiger partial charge in [-0.2, -0.15) is 10.1 Å². The molecule has 2 aromatic heterocycles. The van der Waals surface area contributed by atoms with E-state index in [2.05, 4.69) is 15.4 Å². The number of aryl methyl sites for hydroxylation is 2. The smallest absolute Gasteiger partial charge is 0.249 e. The lowest BCUT2D eigenvalue weighted by molar-refractivity contribution is -0.115. The molecule has 0 saturated heterocycles. The Morgan fingerprint density at radius 1 is 1.48 bits per heavy atom. The molecule has 2 aromatic rings. The number of anilines is 1. The Hall–Kier alpha value is -2.61. The molecule has 1 amide bonds. The number of allylic oxidation sites excluding steroid dienone is 1. The lowest BCUT2D eigenvalue weighted by Gasteiger charge is -2.25. The summed E-state index contributed by atoms with van der Waals surface area (Å²) >= 11 is 0. The summed E-state index contributed by atoms with van der Waals surface area (Å²) in [5.41, 5.74) is 6.59. The molecule has 122 valence electrons. The fourth-order valence-corrected chi connectivity index (χ4v) is 2.72. The highest BCUT2D eigenvalue weighted by molar-refractivity contribution is 5.95. The Morgan fingerprint density at radius 3 is 2.87 bits per heavy atom. The molecule has 3 rings (SSSR count). The van der Waals surface area contributed by atoms with Crippen LogP contribution in [0.25, 0.3) is 0 Å². The second-order valence-corrected chi connectivity index (χ2v) is 5.50. The van der Waals surface area contributed by atoms with Gasteiger partial charge in [0, 0.05) is 18.7 Å². The average Bonchev–Trinajstić information content (AvgIpc) is 3.09. The van der Waals surface area contributed by atoms with E-state index in [1.165, 1.54) is 0 Å². The summed E-state index contributed by atoms with van der Waals surface area (Å²) in [6, 6.07) is 3.09. The molecule has 0 bridgehead atoms. The van der Waals surface area contributed by atoms with E-state index in [9.17, 15) is 4.79 Å². The molecule has 8 nitrogen and oxygen atoms in total. The van der Waals surface area contributed by atoms with Gasteiger partial charge in [0.25, 0.3) is 0 Å². The lowest BCUT2D eigenvalue weighted by Crippen LogP contribution is -2.31. The molecule has 0 fully saturated rings. The van der Waals surface area contributed by atoms with E-state index in [4.69, 9.17) is 15.3 Å². The summed E-state index contributed by atoms with van der Waals surface area (Å²) in [7, 11) is 0. The number of primary amides is 1. The molecule has 0 saturated carbocycles. The number of aliphatic hydroxyl groups is 1. The van der Waals surface area contributed by atoms with Crippen LogP contribution >= 0.6 is 0 Å². The molecule has 4 N–H and O–H groups in total. The maximum atomic E-state index is 11.9. The average molecular weight is 317 g/mol. The third kappa shape index (κ3) is 2.72. The molecule has 0 unspecified atom stereocenters. The maximum absolute atomic E-state index is 11.9. The van der Waals surface area contributed by atoms with Crippen molar-refractivity contribution >= 4 is 11.9 Å². The number of carbonyl (C=O) groups is 1. The number of nitrogens with zero attached hydrogens (tertiary/aromatic N) is 3. The number of fused-ring (bicyclic) bond motifs is 1. The third-order valence-electron chi connectivity index (χ3n) is 3.75. The van der Waals surface area contributed by atoms with Crippen LogP contribution in [0.4, 0.5) is 5.95 Å².